The molecule has 3 nitrogen and oxygen atoms in total. The first kappa shape index (κ1) is 12.2. The van der Waals surface area contributed by atoms with Gasteiger partial charge < -0.3 is 4.74 Å². The summed E-state index contributed by atoms with van der Waals surface area (Å²) < 4.78 is 5.18. The Morgan fingerprint density at radius 2 is 2.11 bits per heavy atom. The lowest BCUT2D eigenvalue weighted by atomic mass is 9.95. The van der Waals surface area contributed by atoms with Crippen molar-refractivity contribution >= 4 is 0 Å². The largest absolute Gasteiger partial charge is 0.497 e. The van der Waals surface area contributed by atoms with Gasteiger partial charge in [0, 0.05) is 31.5 Å². The van der Waals surface area contributed by atoms with Crippen LogP contribution in [0.5, 0.6) is 5.75 Å². The second kappa shape index (κ2) is 5.41. The molecule has 0 saturated carbocycles. The first-order valence-corrected chi connectivity index (χ1v) is 6.64. The molecule has 1 aliphatic heterocycles. The van der Waals surface area contributed by atoms with Crippen LogP contribution in [0.3, 0.4) is 0 Å². The van der Waals surface area contributed by atoms with Crippen molar-refractivity contribution in [3.8, 4) is 5.75 Å². The first-order chi connectivity index (χ1) is 9.36. The van der Waals surface area contributed by atoms with Crippen LogP contribution in [0.4, 0.5) is 0 Å². The van der Waals surface area contributed by atoms with Gasteiger partial charge in [-0.1, -0.05) is 18.2 Å². The predicted molar refractivity (Wildman–Crippen MR) is 75.0 cm³/mol. The molecule has 1 unspecified atom stereocenters. The van der Waals surface area contributed by atoms with Crippen molar-refractivity contribution in [1.29, 1.82) is 0 Å². The average Bonchev–Trinajstić information content (AvgIpc) is 2.45. The van der Waals surface area contributed by atoms with Crippen molar-refractivity contribution in [2.24, 2.45) is 0 Å². The van der Waals surface area contributed by atoms with Gasteiger partial charge in [-0.2, -0.15) is 0 Å². The minimum absolute atomic E-state index is 0.524. The third-order valence-corrected chi connectivity index (χ3v) is 3.74. The van der Waals surface area contributed by atoms with Crippen molar-refractivity contribution < 1.29 is 4.74 Å². The maximum Gasteiger partial charge on any atom is 0.118 e. The summed E-state index contributed by atoms with van der Waals surface area (Å²) in [7, 11) is 1.70. The Morgan fingerprint density at radius 1 is 1.26 bits per heavy atom. The third-order valence-electron chi connectivity index (χ3n) is 3.74. The number of nitrogens with zero attached hydrogens (tertiary/aromatic N) is 2. The molecule has 2 heterocycles. The Morgan fingerprint density at radius 3 is 2.68 bits per heavy atom. The molecule has 2 aromatic rings. The van der Waals surface area contributed by atoms with Crippen molar-refractivity contribution in [3.63, 3.8) is 0 Å². The minimum atomic E-state index is 0.524. The molecule has 1 atom stereocenters. The molecular weight excluding hydrogens is 236 g/mol. The standard InChI is InChI=1S/C16H18N2O/c1-19-15-6-4-13(5-7-15)12-18-10-8-16(18)14-3-2-9-17-11-14/h2-7,9,11,16H,8,10,12H2,1H3. The van der Waals surface area contributed by atoms with Crippen molar-refractivity contribution in [1.82, 2.24) is 9.88 Å². The lowest BCUT2D eigenvalue weighted by Gasteiger charge is -2.41. The zero-order valence-corrected chi connectivity index (χ0v) is 11.1. The molecule has 0 radical (unpaired) electrons. The van der Waals surface area contributed by atoms with Gasteiger partial charge in [0.25, 0.3) is 0 Å². The minimum Gasteiger partial charge on any atom is -0.497 e. The number of likely N-dealkylation sites (tertiary alicyclic amines) is 1. The van der Waals surface area contributed by atoms with E-state index >= 15 is 0 Å². The second-order valence-corrected chi connectivity index (χ2v) is 4.91. The maximum atomic E-state index is 5.18. The zero-order chi connectivity index (χ0) is 13.1. The Kier molecular flexibility index (Phi) is 3.47. The number of rotatable bonds is 4. The zero-order valence-electron chi connectivity index (χ0n) is 11.1. The smallest absolute Gasteiger partial charge is 0.118 e. The lowest BCUT2D eigenvalue weighted by molar-refractivity contribution is 0.0816. The summed E-state index contributed by atoms with van der Waals surface area (Å²) in [5.41, 5.74) is 2.65. The van der Waals surface area contributed by atoms with Crippen LogP contribution in [0.15, 0.2) is 48.8 Å². The van der Waals surface area contributed by atoms with E-state index in [0.717, 1.165) is 18.8 Å². The summed E-state index contributed by atoms with van der Waals surface area (Å²) >= 11 is 0. The summed E-state index contributed by atoms with van der Waals surface area (Å²) in [5, 5.41) is 0. The topological polar surface area (TPSA) is 25.4 Å². The van der Waals surface area contributed by atoms with Gasteiger partial charge in [0.1, 0.15) is 5.75 Å². The Hall–Kier alpha value is -1.87. The van der Waals surface area contributed by atoms with E-state index in [0.29, 0.717) is 6.04 Å². The van der Waals surface area contributed by atoms with Crippen molar-refractivity contribution in [2.75, 3.05) is 13.7 Å². The van der Waals surface area contributed by atoms with Crippen molar-refractivity contribution in [3.05, 3.63) is 59.9 Å². The highest BCUT2D eigenvalue weighted by Crippen LogP contribution is 2.34. The highest BCUT2D eigenvalue weighted by molar-refractivity contribution is 5.27. The Bertz CT molecular complexity index is 524. The molecule has 0 spiro atoms. The highest BCUT2D eigenvalue weighted by atomic mass is 16.5. The fourth-order valence-corrected chi connectivity index (χ4v) is 2.55. The summed E-state index contributed by atoms with van der Waals surface area (Å²) in [6.07, 6.45) is 5.03. The Labute approximate surface area is 113 Å². The van der Waals surface area contributed by atoms with Gasteiger partial charge in [0.15, 0.2) is 0 Å². The van der Waals surface area contributed by atoms with E-state index in [1.54, 1.807) is 7.11 Å². The number of ether oxygens (including phenoxy) is 1. The van der Waals surface area contributed by atoms with Crippen LogP contribution in [-0.2, 0) is 6.54 Å². The predicted octanol–water partition coefficient (Wildman–Crippen LogP) is 3.04. The molecule has 98 valence electrons. The van der Waals surface area contributed by atoms with Gasteiger partial charge >= 0.3 is 0 Å². The van der Waals surface area contributed by atoms with Crippen LogP contribution in [0.25, 0.3) is 0 Å². The quantitative estimate of drug-likeness (QED) is 0.838. The highest BCUT2D eigenvalue weighted by Gasteiger charge is 2.29. The van der Waals surface area contributed by atoms with Crippen LogP contribution < -0.4 is 4.74 Å². The number of pyridine rings is 1. The van der Waals surface area contributed by atoms with Gasteiger partial charge in [-0.25, -0.2) is 0 Å². The van der Waals surface area contributed by atoms with Gasteiger partial charge in [0.05, 0.1) is 7.11 Å². The summed E-state index contributed by atoms with van der Waals surface area (Å²) in [5.74, 6) is 0.913. The maximum absolute atomic E-state index is 5.18. The second-order valence-electron chi connectivity index (χ2n) is 4.91. The van der Waals surface area contributed by atoms with Crippen LogP contribution in [0.1, 0.15) is 23.6 Å². The number of aromatic nitrogens is 1. The molecule has 1 aromatic carbocycles. The molecular formula is C16H18N2O. The molecule has 0 N–H and O–H groups in total. The molecule has 0 amide bonds. The molecule has 0 bridgehead atoms. The van der Waals surface area contributed by atoms with Crippen LogP contribution >= 0.6 is 0 Å². The fraction of sp³-hybridized carbons (Fsp3) is 0.312. The van der Waals surface area contributed by atoms with E-state index in [4.69, 9.17) is 4.74 Å². The summed E-state index contributed by atoms with van der Waals surface area (Å²) in [6, 6.07) is 13.0. The Balaban J connectivity index is 1.67. The third kappa shape index (κ3) is 2.61. The van der Waals surface area contributed by atoms with E-state index in [1.165, 1.54) is 17.5 Å². The lowest BCUT2D eigenvalue weighted by Crippen LogP contribution is -2.40. The molecule has 1 aliphatic rings. The molecule has 19 heavy (non-hydrogen) atoms. The average molecular weight is 254 g/mol. The number of hydrogen-bond donors (Lipinski definition) is 0. The number of methoxy groups -OCH3 is 1. The first-order valence-electron chi connectivity index (χ1n) is 6.64. The van der Waals surface area contributed by atoms with Crippen LogP contribution in [0, 0.1) is 0 Å². The van der Waals surface area contributed by atoms with Gasteiger partial charge in [-0.05, 0) is 35.7 Å². The van der Waals surface area contributed by atoms with E-state index in [2.05, 4.69) is 28.1 Å². The number of benzene rings is 1. The molecule has 3 heteroatoms. The molecule has 1 saturated heterocycles. The molecule has 1 fully saturated rings. The SMILES string of the molecule is COc1ccc(CN2CCC2c2cccnc2)cc1. The van der Waals surface area contributed by atoms with E-state index in [1.807, 2.05) is 30.6 Å². The van der Waals surface area contributed by atoms with Crippen molar-refractivity contribution in [2.45, 2.75) is 19.0 Å². The number of hydrogen-bond acceptors (Lipinski definition) is 3. The monoisotopic (exact) mass is 254 g/mol. The summed E-state index contributed by atoms with van der Waals surface area (Å²) in [4.78, 5) is 6.69. The molecule has 0 aliphatic carbocycles. The molecule has 1 aromatic heterocycles. The van der Waals surface area contributed by atoms with Crippen LogP contribution in [-0.4, -0.2) is 23.5 Å². The van der Waals surface area contributed by atoms with Gasteiger partial charge in [-0.15, -0.1) is 0 Å². The van der Waals surface area contributed by atoms with Gasteiger partial charge in [-0.3, -0.25) is 9.88 Å². The molecule has 3 rings (SSSR count). The fourth-order valence-electron chi connectivity index (χ4n) is 2.55. The van der Waals surface area contributed by atoms with Gasteiger partial charge in [0.2, 0.25) is 0 Å². The van der Waals surface area contributed by atoms with E-state index < -0.39 is 0 Å². The summed E-state index contributed by atoms with van der Waals surface area (Å²) in [6.45, 7) is 2.15. The normalized spacial score (nSPS) is 18.9. The van der Waals surface area contributed by atoms with E-state index in [9.17, 15) is 0 Å². The van der Waals surface area contributed by atoms with E-state index in [-0.39, 0.29) is 0 Å². The van der Waals surface area contributed by atoms with Crippen LogP contribution in [0.2, 0.25) is 0 Å².